The van der Waals surface area contributed by atoms with E-state index in [1.807, 2.05) is 23.7 Å². The number of hydrogen-bond donors (Lipinski definition) is 2. The van der Waals surface area contributed by atoms with Crippen molar-refractivity contribution in [1.82, 2.24) is 9.78 Å². The van der Waals surface area contributed by atoms with Crippen LogP contribution in [0.25, 0.3) is 0 Å². The van der Waals surface area contributed by atoms with Gasteiger partial charge in [-0.2, -0.15) is 5.10 Å². The van der Waals surface area contributed by atoms with Gasteiger partial charge in [-0.05, 0) is 45.4 Å². The van der Waals surface area contributed by atoms with Crippen molar-refractivity contribution in [3.05, 3.63) is 40.0 Å². The molecule has 1 unspecified atom stereocenters. The molecule has 0 saturated carbocycles. The van der Waals surface area contributed by atoms with Crippen LogP contribution < -0.4 is 11.1 Å². The summed E-state index contributed by atoms with van der Waals surface area (Å²) in [6.45, 7) is 8.25. The molecule has 0 spiro atoms. The number of nitrogens with two attached hydrogens (primary N) is 1. The van der Waals surface area contributed by atoms with E-state index in [1.165, 1.54) is 5.56 Å². The fourth-order valence-corrected chi connectivity index (χ4v) is 2.38. The van der Waals surface area contributed by atoms with E-state index in [4.69, 9.17) is 5.73 Å². The molecule has 0 saturated heterocycles. The van der Waals surface area contributed by atoms with Gasteiger partial charge in [-0.15, -0.1) is 0 Å². The summed E-state index contributed by atoms with van der Waals surface area (Å²) >= 11 is 3.45. The molecule has 4 nitrogen and oxygen atoms in total. The first kappa shape index (κ1) is 14.9. The molecule has 5 heteroatoms. The van der Waals surface area contributed by atoms with Gasteiger partial charge in [0.15, 0.2) is 0 Å². The van der Waals surface area contributed by atoms with Crippen molar-refractivity contribution in [3.8, 4) is 0 Å². The topological polar surface area (TPSA) is 55.9 Å². The van der Waals surface area contributed by atoms with E-state index in [2.05, 4.69) is 59.2 Å². The minimum Gasteiger partial charge on any atom is -0.394 e. The van der Waals surface area contributed by atoms with Crippen LogP contribution in [0.5, 0.6) is 0 Å². The van der Waals surface area contributed by atoms with Crippen LogP contribution in [0.15, 0.2) is 28.7 Å². The highest BCUT2D eigenvalue weighted by Crippen LogP contribution is 2.29. The molecule has 0 aliphatic rings. The summed E-state index contributed by atoms with van der Waals surface area (Å²) in [6.07, 6.45) is 0. The summed E-state index contributed by atoms with van der Waals surface area (Å²) in [5.41, 5.74) is 8.94. The second kappa shape index (κ2) is 5.87. The molecule has 1 aromatic carbocycles. The van der Waals surface area contributed by atoms with Crippen molar-refractivity contribution in [2.45, 2.75) is 39.8 Å². The van der Waals surface area contributed by atoms with Crippen molar-refractivity contribution >= 4 is 27.4 Å². The Morgan fingerprint density at radius 1 is 1.20 bits per heavy atom. The second-order valence-electron chi connectivity index (χ2n) is 5.30. The maximum Gasteiger partial charge on any atom is 0.148 e. The van der Waals surface area contributed by atoms with Gasteiger partial charge in [0.1, 0.15) is 5.82 Å². The third-order valence-corrected chi connectivity index (χ3v) is 3.87. The summed E-state index contributed by atoms with van der Waals surface area (Å²) in [5, 5.41) is 7.97. The normalized spacial score (nSPS) is 12.7. The fourth-order valence-electron chi connectivity index (χ4n) is 2.12. The predicted octanol–water partition coefficient (Wildman–Crippen LogP) is 4.29. The number of anilines is 2. The van der Waals surface area contributed by atoms with Crippen LogP contribution in [0.1, 0.15) is 44.1 Å². The van der Waals surface area contributed by atoms with Crippen LogP contribution in [0, 0.1) is 6.92 Å². The maximum absolute atomic E-state index is 6.14. The number of nitrogens with one attached hydrogen (secondary N) is 1. The number of nitrogens with zero attached hydrogens (tertiary/aromatic N) is 2. The Hall–Kier alpha value is -1.49. The number of halogens is 1. The quantitative estimate of drug-likeness (QED) is 0.875. The van der Waals surface area contributed by atoms with Crippen molar-refractivity contribution in [2.24, 2.45) is 0 Å². The molecular formula is C15H21BrN4. The first-order valence-corrected chi connectivity index (χ1v) is 7.56. The molecule has 0 amide bonds. The van der Waals surface area contributed by atoms with E-state index in [-0.39, 0.29) is 12.1 Å². The van der Waals surface area contributed by atoms with Crippen molar-refractivity contribution in [1.29, 1.82) is 0 Å². The van der Waals surface area contributed by atoms with Gasteiger partial charge in [-0.3, -0.25) is 0 Å². The SMILES string of the molecule is Cc1nn(C(C)C)c(NC(C)c2ccc(Br)cc2)c1N. The van der Waals surface area contributed by atoms with Gasteiger partial charge in [0, 0.05) is 10.5 Å². The maximum atomic E-state index is 6.14. The summed E-state index contributed by atoms with van der Waals surface area (Å²) in [7, 11) is 0. The lowest BCUT2D eigenvalue weighted by molar-refractivity contribution is 0.532. The smallest absolute Gasteiger partial charge is 0.148 e. The van der Waals surface area contributed by atoms with E-state index in [0.29, 0.717) is 0 Å². The molecule has 20 heavy (non-hydrogen) atoms. The average molecular weight is 337 g/mol. The minimum atomic E-state index is 0.166. The molecule has 1 atom stereocenters. The third-order valence-electron chi connectivity index (χ3n) is 3.34. The summed E-state index contributed by atoms with van der Waals surface area (Å²) < 4.78 is 3.02. The molecule has 3 N–H and O–H groups in total. The van der Waals surface area contributed by atoms with E-state index in [0.717, 1.165) is 21.7 Å². The lowest BCUT2D eigenvalue weighted by Gasteiger charge is -2.19. The molecule has 2 aromatic rings. The average Bonchev–Trinajstić information content (AvgIpc) is 2.68. The molecule has 0 bridgehead atoms. The van der Waals surface area contributed by atoms with Gasteiger partial charge < -0.3 is 11.1 Å². The van der Waals surface area contributed by atoms with Crippen LogP contribution in [0.3, 0.4) is 0 Å². The van der Waals surface area contributed by atoms with E-state index >= 15 is 0 Å². The van der Waals surface area contributed by atoms with E-state index < -0.39 is 0 Å². The lowest BCUT2D eigenvalue weighted by atomic mass is 10.1. The predicted molar refractivity (Wildman–Crippen MR) is 87.9 cm³/mol. The van der Waals surface area contributed by atoms with Gasteiger partial charge in [-0.25, -0.2) is 4.68 Å². The highest BCUT2D eigenvalue weighted by molar-refractivity contribution is 9.10. The first-order valence-electron chi connectivity index (χ1n) is 6.76. The number of aromatic nitrogens is 2. The second-order valence-corrected chi connectivity index (χ2v) is 6.22. The molecule has 0 radical (unpaired) electrons. The summed E-state index contributed by atoms with van der Waals surface area (Å²) in [5.74, 6) is 0.896. The van der Waals surface area contributed by atoms with Crippen LogP contribution in [-0.2, 0) is 0 Å². The zero-order chi connectivity index (χ0) is 14.9. The Labute approximate surface area is 128 Å². The molecule has 1 heterocycles. The Morgan fingerprint density at radius 2 is 1.80 bits per heavy atom. The Bertz CT molecular complexity index is 587. The monoisotopic (exact) mass is 336 g/mol. The van der Waals surface area contributed by atoms with Crippen LogP contribution in [-0.4, -0.2) is 9.78 Å². The lowest BCUT2D eigenvalue weighted by Crippen LogP contribution is -2.14. The van der Waals surface area contributed by atoms with Gasteiger partial charge in [0.05, 0.1) is 17.4 Å². The van der Waals surface area contributed by atoms with Crippen LogP contribution in [0.4, 0.5) is 11.5 Å². The number of rotatable bonds is 4. The van der Waals surface area contributed by atoms with Crippen LogP contribution >= 0.6 is 15.9 Å². The standard InChI is InChI=1S/C15H21BrN4/c1-9(2)20-15(14(17)11(4)19-20)18-10(3)12-5-7-13(16)8-6-12/h5-10,18H,17H2,1-4H3. The van der Waals surface area contributed by atoms with Crippen LogP contribution in [0.2, 0.25) is 0 Å². The highest BCUT2D eigenvalue weighted by Gasteiger charge is 2.17. The zero-order valence-corrected chi connectivity index (χ0v) is 13.9. The first-order chi connectivity index (χ1) is 9.40. The van der Waals surface area contributed by atoms with E-state index in [1.54, 1.807) is 0 Å². The molecule has 2 rings (SSSR count). The van der Waals surface area contributed by atoms with Crippen molar-refractivity contribution < 1.29 is 0 Å². The molecule has 108 valence electrons. The Balaban J connectivity index is 2.27. The van der Waals surface area contributed by atoms with Gasteiger partial charge >= 0.3 is 0 Å². The summed E-state index contributed by atoms with van der Waals surface area (Å²) in [4.78, 5) is 0. The van der Waals surface area contributed by atoms with Gasteiger partial charge in [0.2, 0.25) is 0 Å². The minimum absolute atomic E-state index is 0.166. The van der Waals surface area contributed by atoms with Crippen molar-refractivity contribution in [2.75, 3.05) is 11.1 Å². The molecule has 0 aliphatic carbocycles. The highest BCUT2D eigenvalue weighted by atomic mass is 79.9. The molecule has 1 aromatic heterocycles. The Morgan fingerprint density at radius 3 is 2.35 bits per heavy atom. The number of aryl methyl sites for hydroxylation is 1. The third kappa shape index (κ3) is 2.98. The van der Waals surface area contributed by atoms with Gasteiger partial charge in [-0.1, -0.05) is 28.1 Å². The Kier molecular flexibility index (Phi) is 4.38. The zero-order valence-electron chi connectivity index (χ0n) is 12.3. The van der Waals surface area contributed by atoms with E-state index in [9.17, 15) is 0 Å². The molecule has 0 fully saturated rings. The number of nitrogen functional groups attached to an aromatic ring is 1. The fraction of sp³-hybridized carbons (Fsp3) is 0.400. The molecule has 0 aliphatic heterocycles. The van der Waals surface area contributed by atoms with Gasteiger partial charge in [0.25, 0.3) is 0 Å². The number of benzene rings is 1. The number of hydrogen-bond acceptors (Lipinski definition) is 3. The van der Waals surface area contributed by atoms with Crippen molar-refractivity contribution in [3.63, 3.8) is 0 Å². The molecular weight excluding hydrogens is 316 g/mol. The largest absolute Gasteiger partial charge is 0.394 e. The summed E-state index contributed by atoms with van der Waals surface area (Å²) in [6, 6.07) is 8.72.